The van der Waals surface area contributed by atoms with Crippen LogP contribution in [0.25, 0.3) is 0 Å². The van der Waals surface area contributed by atoms with Crippen LogP contribution in [-0.4, -0.2) is 36.8 Å². The van der Waals surface area contributed by atoms with Crippen LogP contribution in [-0.2, 0) is 4.74 Å². The molecule has 1 atom stereocenters. The molecule has 0 fully saturated rings. The minimum atomic E-state index is 0.313. The third kappa shape index (κ3) is 3.83. The van der Waals surface area contributed by atoms with Gasteiger partial charge < -0.3 is 9.84 Å². The molecule has 1 unspecified atom stereocenters. The Kier molecular flexibility index (Phi) is 5.29. The fourth-order valence-corrected chi connectivity index (χ4v) is 1.55. The molecule has 0 aliphatic carbocycles. The minimum absolute atomic E-state index is 0.313. The first-order chi connectivity index (χ1) is 7.65. The lowest BCUT2D eigenvalue weighted by Crippen LogP contribution is -2.26. The van der Waals surface area contributed by atoms with E-state index >= 15 is 0 Å². The highest BCUT2D eigenvalue weighted by atomic mass is 16.5. The van der Waals surface area contributed by atoms with Crippen molar-refractivity contribution in [2.75, 3.05) is 26.8 Å². The molecule has 0 saturated carbocycles. The van der Waals surface area contributed by atoms with E-state index < -0.39 is 0 Å². The molecule has 0 aliphatic rings. The first-order valence-electron chi connectivity index (χ1n) is 5.72. The molecule has 0 saturated heterocycles. The van der Waals surface area contributed by atoms with Gasteiger partial charge in [0.2, 0.25) is 0 Å². The predicted octanol–water partition coefficient (Wildman–Crippen LogP) is 2.42. The predicted molar refractivity (Wildman–Crippen MR) is 65.6 cm³/mol. The van der Waals surface area contributed by atoms with E-state index in [9.17, 15) is 5.11 Å². The van der Waals surface area contributed by atoms with Gasteiger partial charge in [-0.25, -0.2) is 0 Å². The number of phenols is 1. The summed E-state index contributed by atoms with van der Waals surface area (Å²) in [6.07, 6.45) is 0. The van der Waals surface area contributed by atoms with E-state index in [4.69, 9.17) is 4.74 Å². The summed E-state index contributed by atoms with van der Waals surface area (Å²) < 4.78 is 5.33. The average Bonchev–Trinajstić information content (AvgIpc) is 2.29. The van der Waals surface area contributed by atoms with Crippen molar-refractivity contribution in [1.82, 2.24) is 4.90 Å². The zero-order chi connectivity index (χ0) is 12.0. The maximum Gasteiger partial charge on any atom is 0.115 e. The van der Waals surface area contributed by atoms with Gasteiger partial charge in [0.15, 0.2) is 0 Å². The van der Waals surface area contributed by atoms with Crippen molar-refractivity contribution in [3.05, 3.63) is 29.8 Å². The molecule has 1 aromatic rings. The largest absolute Gasteiger partial charge is 0.508 e. The Morgan fingerprint density at radius 2 is 1.94 bits per heavy atom. The standard InChI is InChI=1S/C13H21NO2/c1-4-16-10-9-14(3)11(2)12-5-7-13(15)8-6-12/h5-8,11,15H,4,9-10H2,1-3H3. The lowest BCUT2D eigenvalue weighted by molar-refractivity contribution is 0.110. The number of benzene rings is 1. The second-order valence-electron chi connectivity index (χ2n) is 3.95. The van der Waals surface area contributed by atoms with Crippen molar-refractivity contribution in [3.63, 3.8) is 0 Å². The summed E-state index contributed by atoms with van der Waals surface area (Å²) in [5, 5.41) is 9.22. The fourth-order valence-electron chi connectivity index (χ4n) is 1.55. The number of phenolic OH excluding ortho intramolecular Hbond substituents is 1. The summed E-state index contributed by atoms with van der Waals surface area (Å²) in [7, 11) is 2.08. The van der Waals surface area contributed by atoms with E-state index in [0.717, 1.165) is 19.8 Å². The first kappa shape index (κ1) is 13.0. The van der Waals surface area contributed by atoms with Crippen molar-refractivity contribution < 1.29 is 9.84 Å². The molecule has 0 spiro atoms. The summed E-state index contributed by atoms with van der Waals surface area (Å²) in [6, 6.07) is 7.69. The van der Waals surface area contributed by atoms with Crippen LogP contribution in [0.1, 0.15) is 25.5 Å². The normalized spacial score (nSPS) is 13.0. The quantitative estimate of drug-likeness (QED) is 0.752. The van der Waals surface area contributed by atoms with Gasteiger partial charge in [0.05, 0.1) is 6.61 Å². The highest BCUT2D eigenvalue weighted by molar-refractivity contribution is 5.27. The number of hydrogen-bond acceptors (Lipinski definition) is 3. The maximum absolute atomic E-state index is 9.22. The minimum Gasteiger partial charge on any atom is -0.508 e. The maximum atomic E-state index is 9.22. The van der Waals surface area contributed by atoms with Crippen molar-refractivity contribution in [1.29, 1.82) is 0 Å². The van der Waals surface area contributed by atoms with Crippen LogP contribution in [0.5, 0.6) is 5.75 Å². The third-order valence-corrected chi connectivity index (χ3v) is 2.83. The summed E-state index contributed by atoms with van der Waals surface area (Å²) in [6.45, 7) is 6.59. The molecular formula is C13H21NO2. The van der Waals surface area contributed by atoms with E-state index in [2.05, 4.69) is 18.9 Å². The van der Waals surface area contributed by atoms with Crippen molar-refractivity contribution in [2.45, 2.75) is 19.9 Å². The molecule has 1 N–H and O–H groups in total. The Bertz CT molecular complexity index is 297. The topological polar surface area (TPSA) is 32.7 Å². The molecule has 16 heavy (non-hydrogen) atoms. The molecule has 3 nitrogen and oxygen atoms in total. The number of nitrogens with zero attached hydrogens (tertiary/aromatic N) is 1. The number of hydrogen-bond donors (Lipinski definition) is 1. The van der Waals surface area contributed by atoms with Gasteiger partial charge >= 0.3 is 0 Å². The highest BCUT2D eigenvalue weighted by Crippen LogP contribution is 2.20. The van der Waals surface area contributed by atoms with Gasteiger partial charge in [0.25, 0.3) is 0 Å². The molecule has 0 aliphatic heterocycles. The molecule has 0 heterocycles. The molecule has 90 valence electrons. The van der Waals surface area contributed by atoms with Gasteiger partial charge in [-0.15, -0.1) is 0 Å². The molecule has 0 bridgehead atoms. The van der Waals surface area contributed by atoms with Gasteiger partial charge in [-0.3, -0.25) is 4.90 Å². The number of aromatic hydroxyl groups is 1. The Morgan fingerprint density at radius 1 is 1.31 bits per heavy atom. The van der Waals surface area contributed by atoms with E-state index in [1.807, 2.05) is 19.1 Å². The molecule has 0 amide bonds. The third-order valence-electron chi connectivity index (χ3n) is 2.83. The van der Waals surface area contributed by atoms with Crippen molar-refractivity contribution >= 4 is 0 Å². The average molecular weight is 223 g/mol. The SMILES string of the molecule is CCOCCN(C)C(C)c1ccc(O)cc1. The van der Waals surface area contributed by atoms with Gasteiger partial charge in [-0.05, 0) is 38.6 Å². The second kappa shape index (κ2) is 6.51. The number of rotatable bonds is 6. The van der Waals surface area contributed by atoms with Crippen LogP contribution < -0.4 is 0 Å². The van der Waals surface area contributed by atoms with Crippen LogP contribution >= 0.6 is 0 Å². The van der Waals surface area contributed by atoms with Crippen LogP contribution in [0.4, 0.5) is 0 Å². The Hall–Kier alpha value is -1.06. The summed E-state index contributed by atoms with van der Waals surface area (Å²) in [5.74, 6) is 0.313. The van der Waals surface area contributed by atoms with Crippen LogP contribution in [0, 0.1) is 0 Å². The first-order valence-corrected chi connectivity index (χ1v) is 5.72. The van der Waals surface area contributed by atoms with Gasteiger partial charge in [-0.2, -0.15) is 0 Å². The Balaban J connectivity index is 2.49. The zero-order valence-corrected chi connectivity index (χ0v) is 10.3. The molecule has 1 aromatic carbocycles. The van der Waals surface area contributed by atoms with Crippen molar-refractivity contribution in [2.24, 2.45) is 0 Å². The Morgan fingerprint density at radius 3 is 2.50 bits per heavy atom. The van der Waals surface area contributed by atoms with Gasteiger partial charge in [-0.1, -0.05) is 12.1 Å². The number of ether oxygens (including phenoxy) is 1. The fraction of sp³-hybridized carbons (Fsp3) is 0.538. The zero-order valence-electron chi connectivity index (χ0n) is 10.3. The van der Waals surface area contributed by atoms with Crippen molar-refractivity contribution in [3.8, 4) is 5.75 Å². The molecular weight excluding hydrogens is 202 g/mol. The van der Waals surface area contributed by atoms with E-state index in [1.54, 1.807) is 12.1 Å². The smallest absolute Gasteiger partial charge is 0.115 e. The van der Waals surface area contributed by atoms with Gasteiger partial charge in [0, 0.05) is 19.2 Å². The number of likely N-dealkylation sites (N-methyl/N-ethyl adjacent to an activating group) is 1. The van der Waals surface area contributed by atoms with Crippen LogP contribution in [0.2, 0.25) is 0 Å². The molecule has 1 rings (SSSR count). The van der Waals surface area contributed by atoms with E-state index in [0.29, 0.717) is 11.8 Å². The lowest BCUT2D eigenvalue weighted by Gasteiger charge is -2.24. The van der Waals surface area contributed by atoms with Crippen LogP contribution in [0.15, 0.2) is 24.3 Å². The molecule has 0 aromatic heterocycles. The summed E-state index contributed by atoms with van der Waals surface area (Å²) >= 11 is 0. The molecule has 0 radical (unpaired) electrons. The highest BCUT2D eigenvalue weighted by Gasteiger charge is 2.10. The van der Waals surface area contributed by atoms with E-state index in [1.165, 1.54) is 5.56 Å². The Labute approximate surface area is 97.7 Å². The monoisotopic (exact) mass is 223 g/mol. The summed E-state index contributed by atoms with van der Waals surface area (Å²) in [5.41, 5.74) is 1.21. The lowest BCUT2D eigenvalue weighted by atomic mass is 10.1. The van der Waals surface area contributed by atoms with Gasteiger partial charge in [0.1, 0.15) is 5.75 Å². The molecule has 3 heteroatoms. The second-order valence-corrected chi connectivity index (χ2v) is 3.95. The van der Waals surface area contributed by atoms with E-state index in [-0.39, 0.29) is 0 Å². The van der Waals surface area contributed by atoms with Crippen LogP contribution in [0.3, 0.4) is 0 Å². The summed E-state index contributed by atoms with van der Waals surface area (Å²) in [4.78, 5) is 2.24.